The summed E-state index contributed by atoms with van der Waals surface area (Å²) in [6.45, 7) is 14.1. The maximum Gasteiger partial charge on any atom is 0.417 e. The van der Waals surface area contributed by atoms with Crippen LogP contribution in [0.25, 0.3) is 22.3 Å². The zero-order valence-electron chi connectivity index (χ0n) is 35.0. The van der Waals surface area contributed by atoms with E-state index in [9.17, 15) is 24.0 Å². The van der Waals surface area contributed by atoms with Crippen LogP contribution in [-0.2, 0) is 41.4 Å². The van der Waals surface area contributed by atoms with E-state index in [1.165, 1.54) is 10.5 Å². The van der Waals surface area contributed by atoms with E-state index in [-0.39, 0.29) is 25.0 Å². The minimum absolute atomic E-state index is 0.139. The first-order chi connectivity index (χ1) is 27.4. The maximum atomic E-state index is 13.2. The molecule has 4 aromatic rings. The Labute approximate surface area is 342 Å². The molecule has 6 rings (SSSR count). The first kappa shape index (κ1) is 43.4. The molecule has 2 aliphatic rings. The molecule has 0 aliphatic carbocycles. The fraction of sp³-hybridized carbons (Fsp3) is 0.396. The number of carbonyl (C=O) groups excluding carboxylic acids is 5. The van der Waals surface area contributed by atoms with Crippen LogP contribution in [-0.4, -0.2) is 69.7 Å². The van der Waals surface area contributed by atoms with Gasteiger partial charge >= 0.3 is 18.2 Å². The van der Waals surface area contributed by atoms with Gasteiger partial charge in [-0.2, -0.15) is 0 Å². The molecule has 0 saturated carbocycles. The Bertz CT molecular complexity index is 2050. The lowest BCUT2D eigenvalue weighted by Crippen LogP contribution is -2.46. The van der Waals surface area contributed by atoms with Crippen molar-refractivity contribution in [1.29, 1.82) is 0 Å². The molecule has 2 saturated heterocycles. The average Bonchev–Trinajstić information content (AvgIpc) is 3.66. The molecule has 2 heterocycles. The van der Waals surface area contributed by atoms with Gasteiger partial charge in [-0.1, -0.05) is 109 Å². The van der Waals surface area contributed by atoms with E-state index < -0.39 is 46.7 Å². The summed E-state index contributed by atoms with van der Waals surface area (Å²) in [6.07, 6.45) is 1.07. The Morgan fingerprint density at radius 2 is 1.03 bits per heavy atom. The number of carbonyl (C=O) groups is 5. The predicted molar refractivity (Wildman–Crippen MR) is 223 cm³/mol. The van der Waals surface area contributed by atoms with E-state index >= 15 is 0 Å². The van der Waals surface area contributed by atoms with Crippen molar-refractivity contribution in [2.24, 2.45) is 5.41 Å². The molecule has 4 aromatic carbocycles. The first-order valence-electron chi connectivity index (χ1n) is 20.0. The molecular weight excluding hydrogens is 733 g/mol. The molecule has 10 heteroatoms. The van der Waals surface area contributed by atoms with E-state index in [4.69, 9.17) is 14.2 Å². The van der Waals surface area contributed by atoms with Crippen molar-refractivity contribution in [3.63, 3.8) is 0 Å². The first-order valence-corrected chi connectivity index (χ1v) is 20.0. The quantitative estimate of drug-likeness (QED) is 0.0984. The monoisotopic (exact) mass is 788 g/mol. The average molecular weight is 789 g/mol. The van der Waals surface area contributed by atoms with Gasteiger partial charge in [-0.05, 0) is 114 Å². The second-order valence-electron chi connectivity index (χ2n) is 17.0. The number of esters is 1. The number of rotatable bonds is 8. The highest BCUT2D eigenvalue weighted by atomic mass is 16.6. The molecule has 58 heavy (non-hydrogen) atoms. The second-order valence-corrected chi connectivity index (χ2v) is 17.0. The van der Waals surface area contributed by atoms with E-state index in [2.05, 4.69) is 36.4 Å². The largest absolute Gasteiger partial charge is 0.465 e. The molecule has 0 spiro atoms. The van der Waals surface area contributed by atoms with Crippen molar-refractivity contribution in [3.05, 3.63) is 120 Å². The molecule has 3 atom stereocenters. The summed E-state index contributed by atoms with van der Waals surface area (Å²) in [7, 11) is 0. The smallest absolute Gasteiger partial charge is 0.417 e. The van der Waals surface area contributed by atoms with Crippen LogP contribution in [0.5, 0.6) is 0 Å². The zero-order valence-corrected chi connectivity index (χ0v) is 35.0. The number of likely N-dealkylation sites (tertiary alicyclic amines) is 2. The molecule has 0 N–H and O–H groups in total. The molecule has 2 fully saturated rings. The van der Waals surface area contributed by atoms with Crippen LogP contribution in [0.1, 0.15) is 85.8 Å². The summed E-state index contributed by atoms with van der Waals surface area (Å²) in [6, 6.07) is 35.9. The molecule has 306 valence electrons. The molecule has 0 bridgehead atoms. The maximum absolute atomic E-state index is 13.2. The molecule has 2 aliphatic heterocycles. The minimum atomic E-state index is -1.42. The molecule has 10 nitrogen and oxygen atoms in total. The number of nitrogens with zero attached hydrogens (tertiary/aromatic N) is 2. The van der Waals surface area contributed by atoms with Crippen LogP contribution in [0.15, 0.2) is 109 Å². The van der Waals surface area contributed by atoms with E-state index in [0.717, 1.165) is 32.7 Å². The third-order valence-corrected chi connectivity index (χ3v) is 10.00. The Balaban J connectivity index is 0.000000226. The molecular formula is C48H56N2O8. The Morgan fingerprint density at radius 1 is 0.621 bits per heavy atom. The fourth-order valence-corrected chi connectivity index (χ4v) is 7.22. The van der Waals surface area contributed by atoms with Gasteiger partial charge in [-0.3, -0.25) is 14.4 Å². The highest BCUT2D eigenvalue weighted by molar-refractivity contribution is 6.09. The van der Waals surface area contributed by atoms with Gasteiger partial charge in [0.25, 0.3) is 0 Å². The zero-order chi connectivity index (χ0) is 42.3. The third kappa shape index (κ3) is 11.0. The van der Waals surface area contributed by atoms with Gasteiger partial charge in [-0.15, -0.1) is 0 Å². The van der Waals surface area contributed by atoms with E-state index in [1.807, 2.05) is 93.6 Å². The van der Waals surface area contributed by atoms with Crippen molar-refractivity contribution in [2.45, 2.75) is 111 Å². The summed E-state index contributed by atoms with van der Waals surface area (Å²) in [5.74, 6) is -1.33. The predicted octanol–water partition coefficient (Wildman–Crippen LogP) is 9.82. The fourth-order valence-electron chi connectivity index (χ4n) is 7.22. The summed E-state index contributed by atoms with van der Waals surface area (Å²) in [5.41, 5.74) is 3.80. The van der Waals surface area contributed by atoms with Crippen LogP contribution >= 0.6 is 0 Å². The number of imide groups is 2. The van der Waals surface area contributed by atoms with Crippen LogP contribution < -0.4 is 0 Å². The number of hydrogen-bond donors (Lipinski definition) is 0. The van der Waals surface area contributed by atoms with Gasteiger partial charge in [0.05, 0.1) is 6.61 Å². The van der Waals surface area contributed by atoms with Crippen LogP contribution in [0, 0.1) is 5.41 Å². The Hall–Kier alpha value is -5.77. The van der Waals surface area contributed by atoms with Crippen molar-refractivity contribution in [3.8, 4) is 22.3 Å². The summed E-state index contributed by atoms with van der Waals surface area (Å²) in [5, 5.41) is 0. The van der Waals surface area contributed by atoms with Crippen molar-refractivity contribution in [1.82, 2.24) is 9.80 Å². The Kier molecular flexibility index (Phi) is 13.6. The van der Waals surface area contributed by atoms with E-state index in [0.29, 0.717) is 25.7 Å². The molecule has 4 amide bonds. The van der Waals surface area contributed by atoms with Gasteiger partial charge in [-0.25, -0.2) is 19.4 Å². The second kappa shape index (κ2) is 18.2. The number of amides is 4. The van der Waals surface area contributed by atoms with Crippen molar-refractivity contribution in [2.75, 3.05) is 6.61 Å². The van der Waals surface area contributed by atoms with Crippen molar-refractivity contribution >= 4 is 30.0 Å². The number of ether oxygens (including phenoxy) is 3. The van der Waals surface area contributed by atoms with Gasteiger partial charge in [0.1, 0.15) is 16.6 Å². The van der Waals surface area contributed by atoms with E-state index in [1.54, 1.807) is 34.6 Å². The van der Waals surface area contributed by atoms with Gasteiger partial charge in [0, 0.05) is 18.5 Å². The molecule has 0 radical (unpaired) electrons. The highest BCUT2D eigenvalue weighted by Gasteiger charge is 2.57. The SMILES string of the molecule is CC(C)(C)OC(=O)N1C(=O)CC[C@H]1Cc1ccc(-c2ccccc2)cc1.CCOC(=O)C1(C)C[C@@H](Cc2ccc(-c3ccccc3)cc2)N(C(=O)OC(C)(C)C)C1=O. The standard InChI is InChI=1S/C26H31NO5.C22H25NO3/c1-6-31-23(29)26(5)17-21(27(22(26)28)24(30)32-25(2,3)4)16-18-12-14-20(15-13-18)19-10-8-7-9-11-19;1-22(2,3)26-21(25)23-19(13-14-20(23)24)15-16-9-11-18(12-10-16)17-7-5-4-6-8-17/h7-15,21H,6,16-17H2,1-5H3;4-12,19H,13-15H2,1-3H3/t21-,26?;19-/m10/s1. The van der Waals surface area contributed by atoms with Crippen molar-refractivity contribution < 1.29 is 38.2 Å². The van der Waals surface area contributed by atoms with Crippen LogP contribution in [0.2, 0.25) is 0 Å². The summed E-state index contributed by atoms with van der Waals surface area (Å²) >= 11 is 0. The van der Waals surface area contributed by atoms with Crippen LogP contribution in [0.4, 0.5) is 9.59 Å². The number of benzene rings is 4. The van der Waals surface area contributed by atoms with Crippen LogP contribution in [0.3, 0.4) is 0 Å². The number of hydrogen-bond acceptors (Lipinski definition) is 8. The molecule has 1 unspecified atom stereocenters. The molecule has 0 aromatic heterocycles. The topological polar surface area (TPSA) is 120 Å². The normalized spacial score (nSPS) is 19.3. The van der Waals surface area contributed by atoms with Gasteiger partial charge < -0.3 is 14.2 Å². The lowest BCUT2D eigenvalue weighted by molar-refractivity contribution is -0.159. The Morgan fingerprint density at radius 3 is 1.47 bits per heavy atom. The summed E-state index contributed by atoms with van der Waals surface area (Å²) in [4.78, 5) is 65.7. The highest BCUT2D eigenvalue weighted by Crippen LogP contribution is 2.40. The lowest BCUT2D eigenvalue weighted by Gasteiger charge is -2.27. The summed E-state index contributed by atoms with van der Waals surface area (Å²) < 4.78 is 16.0. The third-order valence-electron chi connectivity index (χ3n) is 10.00. The lowest BCUT2D eigenvalue weighted by atomic mass is 9.86. The van der Waals surface area contributed by atoms with Gasteiger partial charge in [0.2, 0.25) is 11.8 Å². The minimum Gasteiger partial charge on any atom is -0.465 e. The van der Waals surface area contributed by atoms with Gasteiger partial charge in [0.15, 0.2) is 0 Å².